The van der Waals surface area contributed by atoms with Gasteiger partial charge in [-0.25, -0.2) is 4.98 Å². The maximum atomic E-state index is 12.4. The average Bonchev–Trinajstić information content (AvgIpc) is 3.06. The molecule has 0 radical (unpaired) electrons. The fraction of sp³-hybridized carbons (Fsp3) is 0.286. The fourth-order valence-electron chi connectivity index (χ4n) is 2.83. The molecule has 2 aromatic heterocycles. The first-order valence-corrected chi connectivity index (χ1v) is 9.78. The van der Waals surface area contributed by atoms with Crippen LogP contribution in [0.15, 0.2) is 42.5 Å². The molecule has 1 aromatic carbocycles. The molecule has 0 fully saturated rings. The molecule has 0 saturated carbocycles. The predicted molar refractivity (Wildman–Crippen MR) is 108 cm³/mol. The second kappa shape index (κ2) is 8.41. The summed E-state index contributed by atoms with van der Waals surface area (Å²) in [4.78, 5) is 22.5. The number of aryl methyl sites for hydroxylation is 2. The Morgan fingerprint density at radius 3 is 2.59 bits per heavy atom. The van der Waals surface area contributed by atoms with Crippen molar-refractivity contribution in [3.05, 3.63) is 69.3 Å². The highest BCUT2D eigenvalue weighted by Crippen LogP contribution is 2.21. The average molecular weight is 382 g/mol. The molecule has 2 heterocycles. The number of benzene rings is 1. The van der Waals surface area contributed by atoms with Crippen molar-refractivity contribution in [2.24, 2.45) is 0 Å². The van der Waals surface area contributed by atoms with Gasteiger partial charge in [0.15, 0.2) is 0 Å². The summed E-state index contributed by atoms with van der Waals surface area (Å²) in [6, 6.07) is 12.9. The smallest absolute Gasteiger partial charge is 0.251 e. The Labute approximate surface area is 163 Å². The summed E-state index contributed by atoms with van der Waals surface area (Å²) in [7, 11) is 0. The van der Waals surface area contributed by atoms with Crippen molar-refractivity contribution in [3.63, 3.8) is 0 Å². The van der Waals surface area contributed by atoms with Crippen molar-refractivity contribution >= 4 is 17.2 Å². The lowest BCUT2D eigenvalue weighted by molar-refractivity contribution is 0.0951. The van der Waals surface area contributed by atoms with Crippen LogP contribution in [0.25, 0.3) is 11.3 Å². The monoisotopic (exact) mass is 381 g/mol. The van der Waals surface area contributed by atoms with Crippen LogP contribution < -0.4 is 5.32 Å². The molecule has 0 aliphatic carbocycles. The molecule has 1 atom stereocenters. The molecule has 0 saturated heterocycles. The molecule has 140 valence electrons. The molecule has 0 unspecified atom stereocenters. The minimum absolute atomic E-state index is 0.111. The second-order valence-electron chi connectivity index (χ2n) is 6.34. The van der Waals surface area contributed by atoms with Crippen LogP contribution in [0.3, 0.4) is 0 Å². The summed E-state index contributed by atoms with van der Waals surface area (Å²) in [5, 5.41) is 13.7. The van der Waals surface area contributed by atoms with Crippen molar-refractivity contribution in [2.45, 2.75) is 39.8 Å². The molecular formula is C21H23N3O2S. The van der Waals surface area contributed by atoms with E-state index in [1.165, 1.54) is 0 Å². The Kier molecular flexibility index (Phi) is 5.98. The zero-order chi connectivity index (χ0) is 19.4. The van der Waals surface area contributed by atoms with Crippen LogP contribution in [0.5, 0.6) is 0 Å². The lowest BCUT2D eigenvalue weighted by Crippen LogP contribution is -2.22. The summed E-state index contributed by atoms with van der Waals surface area (Å²) in [5.41, 5.74) is 3.95. The lowest BCUT2D eigenvalue weighted by Gasteiger charge is -2.08. The van der Waals surface area contributed by atoms with Crippen LogP contribution in [-0.4, -0.2) is 21.0 Å². The van der Waals surface area contributed by atoms with Crippen molar-refractivity contribution in [1.29, 1.82) is 0 Å². The number of aromatic nitrogens is 2. The molecule has 0 aliphatic rings. The summed E-state index contributed by atoms with van der Waals surface area (Å²) >= 11 is 1.62. The number of aliphatic hydroxyl groups is 1. The summed E-state index contributed by atoms with van der Waals surface area (Å²) < 4.78 is 0. The van der Waals surface area contributed by atoms with Gasteiger partial charge in [0.05, 0.1) is 34.7 Å². The second-order valence-corrected chi connectivity index (χ2v) is 7.63. The Morgan fingerprint density at radius 2 is 1.93 bits per heavy atom. The molecule has 3 rings (SSSR count). The number of thiazole rings is 1. The number of hydrogen-bond acceptors (Lipinski definition) is 5. The number of aliphatic hydroxyl groups excluding tert-OH is 1. The summed E-state index contributed by atoms with van der Waals surface area (Å²) in [6.07, 6.45) is 0.251. The normalized spacial score (nSPS) is 12.0. The van der Waals surface area contributed by atoms with Gasteiger partial charge >= 0.3 is 0 Å². The first-order valence-electron chi connectivity index (χ1n) is 8.96. The van der Waals surface area contributed by atoms with Gasteiger partial charge < -0.3 is 10.4 Å². The molecule has 0 aliphatic heterocycles. The van der Waals surface area contributed by atoms with E-state index in [9.17, 15) is 9.90 Å². The Balaban J connectivity index is 1.69. The Hall–Kier alpha value is -2.57. The van der Waals surface area contributed by atoms with Crippen LogP contribution in [0.2, 0.25) is 0 Å². The van der Waals surface area contributed by atoms with E-state index in [4.69, 9.17) is 0 Å². The van der Waals surface area contributed by atoms with Gasteiger partial charge in [0.1, 0.15) is 0 Å². The van der Waals surface area contributed by atoms with Crippen LogP contribution >= 0.6 is 11.3 Å². The van der Waals surface area contributed by atoms with Gasteiger partial charge in [-0.15, -0.1) is 11.3 Å². The van der Waals surface area contributed by atoms with Gasteiger partial charge in [-0.3, -0.25) is 9.78 Å². The summed E-state index contributed by atoms with van der Waals surface area (Å²) in [5.74, 6) is -0.111. The third-order valence-corrected chi connectivity index (χ3v) is 5.28. The van der Waals surface area contributed by atoms with Crippen molar-refractivity contribution in [1.82, 2.24) is 15.3 Å². The van der Waals surface area contributed by atoms with E-state index >= 15 is 0 Å². The standard InChI is InChI=1S/C21H23N3O2S/c1-4-17-20(27-14(3)23-17)12-22-21(26)16-10-8-15(9-11-16)19-7-5-6-18(24-19)13(2)25/h5-11,13,25H,4,12H2,1-3H3,(H,22,26)/t13-/m1/s1. The lowest BCUT2D eigenvalue weighted by atomic mass is 10.1. The van der Waals surface area contributed by atoms with E-state index in [2.05, 4.69) is 22.2 Å². The number of nitrogens with one attached hydrogen (secondary N) is 1. The van der Waals surface area contributed by atoms with Gasteiger partial charge in [0, 0.05) is 16.0 Å². The van der Waals surface area contributed by atoms with E-state index in [-0.39, 0.29) is 5.91 Å². The van der Waals surface area contributed by atoms with E-state index in [0.29, 0.717) is 17.8 Å². The molecule has 1 amide bonds. The minimum Gasteiger partial charge on any atom is -0.387 e. The van der Waals surface area contributed by atoms with E-state index < -0.39 is 6.10 Å². The van der Waals surface area contributed by atoms with E-state index in [1.54, 1.807) is 36.5 Å². The highest BCUT2D eigenvalue weighted by molar-refractivity contribution is 7.11. The molecular weight excluding hydrogens is 358 g/mol. The molecule has 6 heteroatoms. The number of pyridine rings is 1. The SMILES string of the molecule is CCc1nc(C)sc1CNC(=O)c1ccc(-c2cccc([C@@H](C)O)n2)cc1. The number of hydrogen-bond donors (Lipinski definition) is 2. The molecule has 0 bridgehead atoms. The van der Waals surface area contributed by atoms with Crippen molar-refractivity contribution < 1.29 is 9.90 Å². The topological polar surface area (TPSA) is 75.1 Å². The molecule has 27 heavy (non-hydrogen) atoms. The predicted octanol–water partition coefficient (Wildman–Crippen LogP) is 4.06. The molecule has 2 N–H and O–H groups in total. The third kappa shape index (κ3) is 4.59. The molecule has 3 aromatic rings. The fourth-order valence-corrected chi connectivity index (χ4v) is 3.79. The van der Waals surface area contributed by atoms with Gasteiger partial charge in [-0.1, -0.05) is 25.1 Å². The van der Waals surface area contributed by atoms with Crippen LogP contribution in [0.1, 0.15) is 51.6 Å². The van der Waals surface area contributed by atoms with Gasteiger partial charge in [0.2, 0.25) is 0 Å². The van der Waals surface area contributed by atoms with Crippen molar-refractivity contribution in [2.75, 3.05) is 0 Å². The third-order valence-electron chi connectivity index (χ3n) is 4.27. The zero-order valence-corrected chi connectivity index (χ0v) is 16.5. The number of carbonyl (C=O) groups excluding carboxylic acids is 1. The van der Waals surface area contributed by atoms with E-state index in [1.807, 2.05) is 31.2 Å². The highest BCUT2D eigenvalue weighted by Gasteiger charge is 2.11. The van der Waals surface area contributed by atoms with Crippen molar-refractivity contribution in [3.8, 4) is 11.3 Å². The first kappa shape index (κ1) is 19.2. The number of rotatable bonds is 6. The quantitative estimate of drug-likeness (QED) is 0.675. The number of carbonyl (C=O) groups is 1. The maximum absolute atomic E-state index is 12.4. The number of nitrogens with zero attached hydrogens (tertiary/aromatic N) is 2. The first-order chi connectivity index (χ1) is 13.0. The number of amides is 1. The molecule has 0 spiro atoms. The highest BCUT2D eigenvalue weighted by atomic mass is 32.1. The van der Waals surface area contributed by atoms with Gasteiger partial charge in [-0.05, 0) is 44.5 Å². The maximum Gasteiger partial charge on any atom is 0.251 e. The van der Waals surface area contributed by atoms with Crippen LogP contribution in [-0.2, 0) is 13.0 Å². The Bertz CT molecular complexity index is 933. The molecule has 5 nitrogen and oxygen atoms in total. The summed E-state index contributed by atoms with van der Waals surface area (Å²) in [6.45, 7) is 6.23. The van der Waals surface area contributed by atoms with Gasteiger partial charge in [0.25, 0.3) is 5.91 Å². The van der Waals surface area contributed by atoms with Crippen LogP contribution in [0.4, 0.5) is 0 Å². The largest absolute Gasteiger partial charge is 0.387 e. The van der Waals surface area contributed by atoms with Crippen LogP contribution in [0, 0.1) is 6.92 Å². The minimum atomic E-state index is -0.613. The van der Waals surface area contributed by atoms with E-state index in [0.717, 1.165) is 33.3 Å². The Morgan fingerprint density at radius 1 is 1.19 bits per heavy atom. The van der Waals surface area contributed by atoms with Gasteiger partial charge in [-0.2, -0.15) is 0 Å². The zero-order valence-electron chi connectivity index (χ0n) is 15.7.